The van der Waals surface area contributed by atoms with Crippen LogP contribution in [-0.2, 0) is 4.74 Å². The lowest BCUT2D eigenvalue weighted by atomic mass is 10.1. The van der Waals surface area contributed by atoms with E-state index in [4.69, 9.17) is 4.74 Å². The van der Waals surface area contributed by atoms with E-state index >= 15 is 0 Å². The van der Waals surface area contributed by atoms with Gasteiger partial charge in [0.1, 0.15) is 5.82 Å². The maximum absolute atomic E-state index is 13.3. The number of halogens is 1. The van der Waals surface area contributed by atoms with Gasteiger partial charge >= 0.3 is 0 Å². The fraction of sp³-hybridized carbons (Fsp3) is 0.375. The fourth-order valence-electron chi connectivity index (χ4n) is 2.69. The second kappa shape index (κ2) is 6.27. The first-order valence-corrected chi connectivity index (χ1v) is 7.36. The summed E-state index contributed by atoms with van der Waals surface area (Å²) in [6.07, 6.45) is 3.08. The number of rotatable bonds is 3. The van der Waals surface area contributed by atoms with Gasteiger partial charge in [0.25, 0.3) is 5.91 Å². The van der Waals surface area contributed by atoms with E-state index in [1.807, 2.05) is 0 Å². The molecule has 2 N–H and O–H groups in total. The highest BCUT2D eigenvalue weighted by Gasteiger charge is 2.17. The van der Waals surface area contributed by atoms with Crippen molar-refractivity contribution in [2.24, 2.45) is 0 Å². The average Bonchev–Trinajstić information content (AvgIpc) is 2.52. The third kappa shape index (κ3) is 3.17. The summed E-state index contributed by atoms with van der Waals surface area (Å²) < 4.78 is 18.8. The Morgan fingerprint density at radius 3 is 3.00 bits per heavy atom. The summed E-state index contributed by atoms with van der Waals surface area (Å²) in [5, 5.41) is 3.31. The van der Waals surface area contributed by atoms with Crippen LogP contribution in [0.2, 0.25) is 0 Å². The molecule has 116 valence electrons. The van der Waals surface area contributed by atoms with Gasteiger partial charge in [0.15, 0.2) is 0 Å². The summed E-state index contributed by atoms with van der Waals surface area (Å²) >= 11 is 0. The van der Waals surface area contributed by atoms with E-state index in [0.717, 1.165) is 19.3 Å². The van der Waals surface area contributed by atoms with E-state index in [9.17, 15) is 14.0 Å². The van der Waals surface area contributed by atoms with Gasteiger partial charge in [-0.2, -0.15) is 0 Å². The fourth-order valence-corrected chi connectivity index (χ4v) is 2.69. The molecule has 22 heavy (non-hydrogen) atoms. The van der Waals surface area contributed by atoms with Gasteiger partial charge in [-0.3, -0.25) is 9.59 Å². The second-order valence-corrected chi connectivity index (χ2v) is 5.44. The number of ether oxygens (including phenoxy) is 1. The molecule has 0 unspecified atom stereocenters. The van der Waals surface area contributed by atoms with Crippen LogP contribution in [0.5, 0.6) is 0 Å². The van der Waals surface area contributed by atoms with Gasteiger partial charge < -0.3 is 15.0 Å². The summed E-state index contributed by atoms with van der Waals surface area (Å²) in [5.41, 5.74) is 0.123. The highest BCUT2D eigenvalue weighted by atomic mass is 19.1. The molecule has 1 saturated heterocycles. The zero-order chi connectivity index (χ0) is 15.5. The average molecular weight is 304 g/mol. The predicted molar refractivity (Wildman–Crippen MR) is 80.5 cm³/mol. The van der Waals surface area contributed by atoms with Crippen LogP contribution >= 0.6 is 0 Å². The van der Waals surface area contributed by atoms with Crippen molar-refractivity contribution in [1.29, 1.82) is 0 Å². The van der Waals surface area contributed by atoms with Crippen LogP contribution in [0.1, 0.15) is 29.6 Å². The molecule has 0 spiro atoms. The molecule has 1 aromatic heterocycles. The first-order chi connectivity index (χ1) is 10.6. The summed E-state index contributed by atoms with van der Waals surface area (Å²) in [7, 11) is 0. The summed E-state index contributed by atoms with van der Waals surface area (Å²) in [6, 6.07) is 5.20. The topological polar surface area (TPSA) is 71.2 Å². The minimum absolute atomic E-state index is 0.0170. The Balaban J connectivity index is 1.82. The van der Waals surface area contributed by atoms with Crippen molar-refractivity contribution in [2.75, 3.05) is 13.2 Å². The SMILES string of the molecule is O=C(NC[C@H]1CCCCO1)c1cc(=O)[nH]c2cc(F)ccc12. The number of fused-ring (bicyclic) bond motifs is 1. The summed E-state index contributed by atoms with van der Waals surface area (Å²) in [4.78, 5) is 26.5. The van der Waals surface area contributed by atoms with Crippen LogP contribution in [0.3, 0.4) is 0 Å². The van der Waals surface area contributed by atoms with Gasteiger partial charge in [0.2, 0.25) is 5.56 Å². The van der Waals surface area contributed by atoms with Crippen LogP contribution in [0.25, 0.3) is 10.9 Å². The molecule has 5 nitrogen and oxygen atoms in total. The number of aromatic nitrogens is 1. The van der Waals surface area contributed by atoms with E-state index in [1.54, 1.807) is 0 Å². The smallest absolute Gasteiger partial charge is 0.252 e. The van der Waals surface area contributed by atoms with Crippen LogP contribution in [-0.4, -0.2) is 30.1 Å². The van der Waals surface area contributed by atoms with Crippen molar-refractivity contribution in [3.63, 3.8) is 0 Å². The Morgan fingerprint density at radius 2 is 2.23 bits per heavy atom. The molecule has 0 aliphatic carbocycles. The number of hydrogen-bond donors (Lipinski definition) is 2. The molecule has 3 rings (SSSR count). The molecule has 1 aromatic carbocycles. The maximum Gasteiger partial charge on any atom is 0.252 e. The minimum Gasteiger partial charge on any atom is -0.376 e. The van der Waals surface area contributed by atoms with Crippen molar-refractivity contribution in [3.8, 4) is 0 Å². The van der Waals surface area contributed by atoms with Crippen molar-refractivity contribution >= 4 is 16.8 Å². The van der Waals surface area contributed by atoms with Crippen LogP contribution in [0.4, 0.5) is 4.39 Å². The molecular weight excluding hydrogens is 287 g/mol. The molecule has 1 amide bonds. The number of carbonyl (C=O) groups excluding carboxylic acids is 1. The third-order valence-electron chi connectivity index (χ3n) is 3.81. The van der Waals surface area contributed by atoms with Crippen LogP contribution < -0.4 is 10.9 Å². The molecular formula is C16H17FN2O3. The van der Waals surface area contributed by atoms with Crippen molar-refractivity contribution < 1.29 is 13.9 Å². The van der Waals surface area contributed by atoms with E-state index in [0.29, 0.717) is 24.1 Å². The molecule has 1 atom stereocenters. The van der Waals surface area contributed by atoms with Crippen LogP contribution in [0, 0.1) is 5.82 Å². The normalized spacial score (nSPS) is 18.3. The first-order valence-electron chi connectivity index (χ1n) is 7.36. The molecule has 0 bridgehead atoms. The zero-order valence-electron chi connectivity index (χ0n) is 12.0. The molecule has 1 aliphatic rings. The largest absolute Gasteiger partial charge is 0.376 e. The highest BCUT2D eigenvalue weighted by Crippen LogP contribution is 2.17. The lowest BCUT2D eigenvalue weighted by molar-refractivity contribution is 0.0169. The lowest BCUT2D eigenvalue weighted by Gasteiger charge is -2.22. The molecule has 0 saturated carbocycles. The summed E-state index contributed by atoms with van der Waals surface area (Å²) in [5.74, 6) is -0.812. The predicted octanol–water partition coefficient (Wildman–Crippen LogP) is 1.97. The molecule has 6 heteroatoms. The van der Waals surface area contributed by atoms with E-state index < -0.39 is 11.4 Å². The number of aromatic amines is 1. The number of nitrogens with one attached hydrogen (secondary N) is 2. The zero-order valence-corrected chi connectivity index (χ0v) is 12.0. The van der Waals surface area contributed by atoms with Gasteiger partial charge in [0.05, 0.1) is 17.2 Å². The van der Waals surface area contributed by atoms with Gasteiger partial charge in [-0.1, -0.05) is 0 Å². The Labute approximate surface area is 126 Å². The van der Waals surface area contributed by atoms with Crippen molar-refractivity contribution in [1.82, 2.24) is 10.3 Å². The van der Waals surface area contributed by atoms with Gasteiger partial charge in [-0.25, -0.2) is 4.39 Å². The van der Waals surface area contributed by atoms with Crippen LogP contribution in [0.15, 0.2) is 29.1 Å². The monoisotopic (exact) mass is 304 g/mol. The van der Waals surface area contributed by atoms with Crippen molar-refractivity contribution in [2.45, 2.75) is 25.4 Å². The minimum atomic E-state index is -0.462. The second-order valence-electron chi connectivity index (χ2n) is 5.44. The highest BCUT2D eigenvalue weighted by molar-refractivity contribution is 6.05. The van der Waals surface area contributed by atoms with Crippen molar-refractivity contribution in [3.05, 3.63) is 46.0 Å². The molecule has 1 aliphatic heterocycles. The quantitative estimate of drug-likeness (QED) is 0.910. The first kappa shape index (κ1) is 14.7. The van der Waals surface area contributed by atoms with E-state index in [2.05, 4.69) is 10.3 Å². The maximum atomic E-state index is 13.3. The Kier molecular flexibility index (Phi) is 4.20. The van der Waals surface area contributed by atoms with Gasteiger partial charge in [0, 0.05) is 24.6 Å². The van der Waals surface area contributed by atoms with Gasteiger partial charge in [-0.15, -0.1) is 0 Å². The number of benzene rings is 1. The standard InChI is InChI=1S/C16H17FN2O3/c17-10-4-5-12-13(8-15(20)19-14(12)7-10)16(21)18-9-11-3-1-2-6-22-11/h4-5,7-8,11H,1-3,6,9H2,(H,18,21)(H,19,20)/t11-/m1/s1. The number of H-pyrrole nitrogens is 1. The van der Waals surface area contributed by atoms with E-state index in [-0.39, 0.29) is 17.6 Å². The Bertz CT molecular complexity index is 751. The van der Waals surface area contributed by atoms with E-state index in [1.165, 1.54) is 24.3 Å². The molecule has 2 heterocycles. The summed E-state index contributed by atoms with van der Waals surface area (Å²) in [6.45, 7) is 1.13. The number of hydrogen-bond acceptors (Lipinski definition) is 3. The number of amides is 1. The molecule has 2 aromatic rings. The Hall–Kier alpha value is -2.21. The third-order valence-corrected chi connectivity index (χ3v) is 3.81. The molecule has 1 fully saturated rings. The number of pyridine rings is 1. The van der Waals surface area contributed by atoms with Gasteiger partial charge in [-0.05, 0) is 37.5 Å². The Morgan fingerprint density at radius 1 is 1.36 bits per heavy atom. The molecule has 0 radical (unpaired) electrons. The number of carbonyl (C=O) groups is 1. The lowest BCUT2D eigenvalue weighted by Crippen LogP contribution is -2.35.